The highest BCUT2D eigenvalue weighted by atomic mass is 32.2. The molecule has 1 atom stereocenters. The van der Waals surface area contributed by atoms with Gasteiger partial charge >= 0.3 is 0 Å². The Kier molecular flexibility index (Phi) is 7.69. The number of anilines is 1. The molecule has 0 bridgehead atoms. The number of amides is 1. The molecule has 0 aliphatic carbocycles. The number of carbonyl (C=O) groups excluding carboxylic acids is 1. The van der Waals surface area contributed by atoms with Crippen LogP contribution in [0.4, 0.5) is 5.69 Å². The fourth-order valence-corrected chi connectivity index (χ4v) is 4.79. The number of sulfonamides is 1. The molecule has 2 aromatic rings. The zero-order valence-electron chi connectivity index (χ0n) is 18.4. The monoisotopic (exact) mass is 445 g/mol. The summed E-state index contributed by atoms with van der Waals surface area (Å²) in [5.41, 5.74) is 3.68. The van der Waals surface area contributed by atoms with E-state index in [2.05, 4.69) is 22.3 Å². The second kappa shape index (κ2) is 10.3. The summed E-state index contributed by atoms with van der Waals surface area (Å²) in [6.45, 7) is 8.17. The summed E-state index contributed by atoms with van der Waals surface area (Å²) in [4.78, 5) is 15.1. The van der Waals surface area contributed by atoms with E-state index in [1.807, 2.05) is 31.2 Å². The van der Waals surface area contributed by atoms with Gasteiger partial charge in [-0.3, -0.25) is 14.0 Å². The maximum absolute atomic E-state index is 12.7. The van der Waals surface area contributed by atoms with E-state index in [0.29, 0.717) is 12.2 Å². The van der Waals surface area contributed by atoms with Gasteiger partial charge in [0.15, 0.2) is 0 Å². The first kappa shape index (κ1) is 23.2. The Morgan fingerprint density at radius 1 is 1.06 bits per heavy atom. The third-order valence-electron chi connectivity index (χ3n) is 5.38. The zero-order chi connectivity index (χ0) is 22.4. The number of nitrogens with zero attached hydrogens (tertiary/aromatic N) is 2. The van der Waals surface area contributed by atoms with Gasteiger partial charge in [-0.25, -0.2) is 8.42 Å². The van der Waals surface area contributed by atoms with Crippen LogP contribution in [-0.2, 0) is 32.6 Å². The molecule has 8 heteroatoms. The van der Waals surface area contributed by atoms with Crippen molar-refractivity contribution in [2.45, 2.75) is 33.0 Å². The van der Waals surface area contributed by atoms with Gasteiger partial charge in [0.05, 0.1) is 25.2 Å². The summed E-state index contributed by atoms with van der Waals surface area (Å²) in [6.07, 6.45) is 1.11. The second-order valence-electron chi connectivity index (χ2n) is 7.99. The Labute approximate surface area is 185 Å². The summed E-state index contributed by atoms with van der Waals surface area (Å²) in [5, 5.41) is 2.86. The van der Waals surface area contributed by atoms with E-state index in [-0.39, 0.29) is 5.91 Å². The molecule has 0 radical (unpaired) electrons. The lowest BCUT2D eigenvalue weighted by Crippen LogP contribution is -2.47. The van der Waals surface area contributed by atoms with E-state index in [9.17, 15) is 13.2 Å². The van der Waals surface area contributed by atoms with Crippen LogP contribution in [-0.4, -0.2) is 57.8 Å². The van der Waals surface area contributed by atoms with Crippen molar-refractivity contribution in [2.24, 2.45) is 0 Å². The largest absolute Gasteiger partial charge is 0.379 e. The van der Waals surface area contributed by atoms with Crippen molar-refractivity contribution < 1.29 is 17.9 Å². The van der Waals surface area contributed by atoms with Crippen LogP contribution in [0.2, 0.25) is 0 Å². The summed E-state index contributed by atoms with van der Waals surface area (Å²) < 4.78 is 31.3. The van der Waals surface area contributed by atoms with E-state index >= 15 is 0 Å². The fourth-order valence-electron chi connectivity index (χ4n) is 3.62. The molecule has 0 saturated carbocycles. The number of carbonyl (C=O) groups is 1. The Balaban J connectivity index is 1.60. The van der Waals surface area contributed by atoms with Gasteiger partial charge in [0.1, 0.15) is 6.04 Å². The Morgan fingerprint density at radius 3 is 2.23 bits per heavy atom. The number of hydrogen-bond donors (Lipinski definition) is 1. The molecular weight excluding hydrogens is 414 g/mol. The summed E-state index contributed by atoms with van der Waals surface area (Å²) >= 11 is 0. The highest BCUT2D eigenvalue weighted by Gasteiger charge is 2.28. The number of hydrogen-bond acceptors (Lipinski definition) is 5. The van der Waals surface area contributed by atoms with Crippen molar-refractivity contribution >= 4 is 21.6 Å². The molecule has 1 amide bonds. The van der Waals surface area contributed by atoms with Crippen molar-refractivity contribution in [1.82, 2.24) is 10.2 Å². The molecule has 1 aliphatic heterocycles. The summed E-state index contributed by atoms with van der Waals surface area (Å²) in [5.74, 6) is -0.344. The van der Waals surface area contributed by atoms with Gasteiger partial charge in [-0.2, -0.15) is 0 Å². The second-order valence-corrected chi connectivity index (χ2v) is 9.85. The number of ether oxygens (including phenoxy) is 1. The lowest BCUT2D eigenvalue weighted by molar-refractivity contribution is -0.122. The third-order valence-corrected chi connectivity index (χ3v) is 6.62. The van der Waals surface area contributed by atoms with Gasteiger partial charge < -0.3 is 10.1 Å². The maximum atomic E-state index is 12.7. The molecule has 1 N–H and O–H groups in total. The van der Waals surface area contributed by atoms with Crippen molar-refractivity contribution in [3.63, 3.8) is 0 Å². The Bertz CT molecular complexity index is 969. The molecule has 1 heterocycles. The molecule has 0 spiro atoms. The highest BCUT2D eigenvalue weighted by Crippen LogP contribution is 2.21. The Hall–Kier alpha value is -2.42. The summed E-state index contributed by atoms with van der Waals surface area (Å²) in [6, 6.07) is 14.3. The fraction of sp³-hybridized carbons (Fsp3) is 0.435. The number of rotatable bonds is 8. The van der Waals surface area contributed by atoms with Crippen LogP contribution in [0, 0.1) is 6.92 Å². The quantitative estimate of drug-likeness (QED) is 0.675. The van der Waals surface area contributed by atoms with Crippen LogP contribution in [0.15, 0.2) is 48.5 Å². The number of nitrogens with one attached hydrogen (secondary N) is 1. The molecule has 168 valence electrons. The van der Waals surface area contributed by atoms with Crippen LogP contribution in [0.5, 0.6) is 0 Å². The van der Waals surface area contributed by atoms with Crippen LogP contribution in [0.25, 0.3) is 0 Å². The first-order chi connectivity index (χ1) is 14.7. The molecule has 31 heavy (non-hydrogen) atoms. The van der Waals surface area contributed by atoms with Crippen molar-refractivity contribution in [3.8, 4) is 0 Å². The molecule has 0 unspecified atom stereocenters. The molecule has 1 aliphatic rings. The molecule has 0 aromatic heterocycles. The Morgan fingerprint density at radius 2 is 1.65 bits per heavy atom. The topological polar surface area (TPSA) is 79.0 Å². The lowest BCUT2D eigenvalue weighted by atomic mass is 10.1. The normalized spacial score (nSPS) is 16.0. The van der Waals surface area contributed by atoms with E-state index < -0.39 is 16.1 Å². The van der Waals surface area contributed by atoms with Crippen LogP contribution in [0.3, 0.4) is 0 Å². The van der Waals surface area contributed by atoms with Crippen molar-refractivity contribution in [2.75, 3.05) is 36.9 Å². The van der Waals surface area contributed by atoms with E-state index in [1.165, 1.54) is 5.56 Å². The van der Waals surface area contributed by atoms with E-state index in [0.717, 1.165) is 54.5 Å². The predicted molar refractivity (Wildman–Crippen MR) is 122 cm³/mol. The number of morpholine rings is 1. The van der Waals surface area contributed by atoms with Gasteiger partial charge in [0.25, 0.3) is 0 Å². The minimum Gasteiger partial charge on any atom is -0.379 e. The SMILES string of the molecule is Cc1ccc(N([C@@H](C)C(=O)NCc2ccc(CN3CCOCC3)cc2)S(C)(=O)=O)cc1. The molecule has 3 rings (SSSR count). The first-order valence-corrected chi connectivity index (χ1v) is 12.3. The van der Waals surface area contributed by atoms with Crippen molar-refractivity contribution in [1.29, 1.82) is 0 Å². The first-order valence-electron chi connectivity index (χ1n) is 10.5. The number of aryl methyl sites for hydroxylation is 1. The van der Waals surface area contributed by atoms with Gasteiger partial charge in [-0.1, -0.05) is 42.0 Å². The third kappa shape index (κ3) is 6.53. The van der Waals surface area contributed by atoms with Gasteiger partial charge in [-0.05, 0) is 37.1 Å². The van der Waals surface area contributed by atoms with Crippen LogP contribution < -0.4 is 9.62 Å². The zero-order valence-corrected chi connectivity index (χ0v) is 19.2. The minimum absolute atomic E-state index is 0.340. The highest BCUT2D eigenvalue weighted by molar-refractivity contribution is 7.92. The van der Waals surface area contributed by atoms with Gasteiger partial charge in [-0.15, -0.1) is 0 Å². The van der Waals surface area contributed by atoms with E-state index in [4.69, 9.17) is 4.74 Å². The molecular formula is C23H31N3O4S. The van der Waals surface area contributed by atoms with Gasteiger partial charge in [0.2, 0.25) is 15.9 Å². The van der Waals surface area contributed by atoms with E-state index in [1.54, 1.807) is 19.1 Å². The average Bonchev–Trinajstić information content (AvgIpc) is 2.74. The number of benzene rings is 2. The lowest BCUT2D eigenvalue weighted by Gasteiger charge is -2.28. The maximum Gasteiger partial charge on any atom is 0.243 e. The average molecular weight is 446 g/mol. The minimum atomic E-state index is -3.62. The smallest absolute Gasteiger partial charge is 0.243 e. The summed E-state index contributed by atoms with van der Waals surface area (Å²) in [7, 11) is -3.62. The van der Waals surface area contributed by atoms with Gasteiger partial charge in [0, 0.05) is 26.2 Å². The molecule has 1 fully saturated rings. The molecule has 2 aromatic carbocycles. The van der Waals surface area contributed by atoms with Crippen molar-refractivity contribution in [3.05, 3.63) is 65.2 Å². The molecule has 7 nitrogen and oxygen atoms in total. The predicted octanol–water partition coefficient (Wildman–Crippen LogP) is 2.30. The van der Waals surface area contributed by atoms with Crippen LogP contribution >= 0.6 is 0 Å². The van der Waals surface area contributed by atoms with Crippen LogP contribution in [0.1, 0.15) is 23.6 Å². The standard InChI is InChI=1S/C23H31N3O4S/c1-18-4-10-22(11-5-18)26(31(3,28)29)19(2)23(27)24-16-20-6-8-21(9-7-20)17-25-12-14-30-15-13-25/h4-11,19H,12-17H2,1-3H3,(H,24,27)/t19-/m0/s1. The molecule has 1 saturated heterocycles.